The number of oxime groups is 1. The van der Waals surface area contributed by atoms with Crippen LogP contribution in [0.1, 0.15) is 56.8 Å². The molecule has 2 amide bonds. The lowest BCUT2D eigenvalue weighted by atomic mass is 9.77. The van der Waals surface area contributed by atoms with Crippen LogP contribution < -0.4 is 10.6 Å². The third-order valence-electron chi connectivity index (χ3n) is 12.8. The number of alkyl halides is 1. The van der Waals surface area contributed by atoms with Gasteiger partial charge in [0.05, 0.1) is 0 Å². The van der Waals surface area contributed by atoms with Crippen molar-refractivity contribution < 1.29 is 33.5 Å². The summed E-state index contributed by atoms with van der Waals surface area (Å²) in [6.45, 7) is -0.666. The number of aromatic nitrogens is 1. The van der Waals surface area contributed by atoms with Gasteiger partial charge in [-0.15, -0.1) is 34.7 Å². The van der Waals surface area contributed by atoms with Gasteiger partial charge in [0.2, 0.25) is 6.61 Å². The number of fused-ring (bicyclic) bond motifs is 1. The van der Waals surface area contributed by atoms with Crippen LogP contribution in [-0.2, 0) is 39.0 Å². The first kappa shape index (κ1) is 50.2. The van der Waals surface area contributed by atoms with E-state index in [9.17, 15) is 19.2 Å². The monoisotopic (exact) mass is 1050 g/mol. The number of nitrogens with zero attached hydrogens (tertiary/aromatic N) is 3. The number of carbonyl (C=O) groups is 4. The Morgan fingerprint density at radius 1 is 0.653 bits per heavy atom. The second kappa shape index (κ2) is 23.3. The number of benzene rings is 7. The van der Waals surface area contributed by atoms with Crippen molar-refractivity contribution in [3.05, 3.63) is 274 Å². The van der Waals surface area contributed by atoms with Gasteiger partial charge in [-0.25, -0.2) is 14.6 Å². The molecular formula is C60H48ClN5O7S2. The van der Waals surface area contributed by atoms with Gasteiger partial charge in [0.1, 0.15) is 28.3 Å². The van der Waals surface area contributed by atoms with E-state index >= 15 is 0 Å². The first-order valence-corrected chi connectivity index (χ1v) is 26.5. The molecule has 75 heavy (non-hydrogen) atoms. The SMILES string of the molecule is O=C(CO/N=C(\C(=O)NC1C(=O)N2C(C(=O)OC(c3ccccc3)c3ccccc3)=C(CCl)CS[C@@H]12)c1csc(NC(c2ccccc2)(c2ccccc2)c2ccccc2)n1)OC(c1ccccc1)c1ccccc1. The van der Waals surface area contributed by atoms with E-state index in [1.807, 2.05) is 212 Å². The largest absolute Gasteiger partial charge is 0.450 e. The summed E-state index contributed by atoms with van der Waals surface area (Å²) in [7, 11) is 0. The second-order valence-corrected chi connectivity index (χ2v) is 19.7. The number of esters is 2. The molecule has 15 heteroatoms. The lowest BCUT2D eigenvalue weighted by molar-refractivity contribution is -0.154. The maximum Gasteiger partial charge on any atom is 0.356 e. The lowest BCUT2D eigenvalue weighted by Crippen LogP contribution is -2.71. The predicted octanol–water partition coefficient (Wildman–Crippen LogP) is 10.8. The van der Waals surface area contributed by atoms with Crippen molar-refractivity contribution >= 4 is 69.3 Å². The van der Waals surface area contributed by atoms with E-state index in [2.05, 4.69) is 15.8 Å². The molecule has 3 heterocycles. The first-order chi connectivity index (χ1) is 36.8. The Morgan fingerprint density at radius 3 is 1.55 bits per heavy atom. The second-order valence-electron chi connectivity index (χ2n) is 17.5. The highest BCUT2D eigenvalue weighted by Crippen LogP contribution is 2.43. The fourth-order valence-electron chi connectivity index (χ4n) is 9.22. The number of nitrogens with one attached hydrogen (secondary N) is 2. The minimum Gasteiger partial charge on any atom is -0.450 e. The van der Waals surface area contributed by atoms with E-state index in [4.69, 9.17) is 30.9 Å². The third-order valence-corrected chi connectivity index (χ3v) is 15.2. The number of carbonyl (C=O) groups excluding carboxylic acids is 4. The Bertz CT molecular complexity index is 3140. The molecular weight excluding hydrogens is 1000 g/mol. The smallest absolute Gasteiger partial charge is 0.356 e. The number of thioether (sulfide) groups is 1. The number of amides is 2. The number of ether oxygens (including phenoxy) is 2. The van der Waals surface area contributed by atoms with Gasteiger partial charge in [-0.1, -0.05) is 217 Å². The van der Waals surface area contributed by atoms with Gasteiger partial charge in [-0.2, -0.15) is 0 Å². The Kier molecular flexibility index (Phi) is 15.6. The highest BCUT2D eigenvalue weighted by molar-refractivity contribution is 8.00. The van der Waals surface area contributed by atoms with Crippen molar-refractivity contribution in [1.29, 1.82) is 0 Å². The molecule has 7 aromatic carbocycles. The van der Waals surface area contributed by atoms with Gasteiger partial charge in [-0.3, -0.25) is 14.5 Å². The molecule has 1 fully saturated rings. The molecule has 0 aliphatic carbocycles. The van der Waals surface area contributed by atoms with E-state index in [0.29, 0.717) is 16.5 Å². The van der Waals surface area contributed by atoms with Crippen LogP contribution in [0.25, 0.3) is 0 Å². The van der Waals surface area contributed by atoms with Crippen molar-refractivity contribution in [3.63, 3.8) is 0 Å². The summed E-state index contributed by atoms with van der Waals surface area (Å²) in [5, 5.41) is 12.2. The Labute approximate surface area is 447 Å². The van der Waals surface area contributed by atoms with E-state index < -0.39 is 59.5 Å². The van der Waals surface area contributed by atoms with Crippen LogP contribution in [-0.4, -0.2) is 69.0 Å². The van der Waals surface area contributed by atoms with Crippen LogP contribution in [0.4, 0.5) is 5.13 Å². The molecule has 1 saturated heterocycles. The van der Waals surface area contributed by atoms with Gasteiger partial charge < -0.3 is 24.9 Å². The maximum atomic E-state index is 14.7. The van der Waals surface area contributed by atoms with Gasteiger partial charge in [-0.05, 0) is 44.5 Å². The molecule has 0 radical (unpaired) electrons. The summed E-state index contributed by atoms with van der Waals surface area (Å²) in [4.78, 5) is 69.0. The fraction of sp³-hybridized carbons (Fsp3) is 0.133. The normalized spacial score (nSPS) is 15.4. The van der Waals surface area contributed by atoms with Crippen molar-refractivity contribution in [3.8, 4) is 0 Å². The number of halogens is 1. The minimum absolute atomic E-state index is 0.0272. The summed E-state index contributed by atoms with van der Waals surface area (Å²) in [6.07, 6.45) is -1.53. The highest BCUT2D eigenvalue weighted by atomic mass is 35.5. The third kappa shape index (κ3) is 10.9. The number of hydrogen-bond acceptors (Lipinski definition) is 12. The molecule has 12 nitrogen and oxygen atoms in total. The summed E-state index contributed by atoms with van der Waals surface area (Å²) in [5.41, 5.74) is 5.17. The van der Waals surface area contributed by atoms with E-state index in [1.165, 1.54) is 28.0 Å². The Hall–Kier alpha value is -8.30. The van der Waals surface area contributed by atoms with Gasteiger partial charge >= 0.3 is 11.9 Å². The van der Waals surface area contributed by atoms with Gasteiger partial charge in [0.25, 0.3) is 11.8 Å². The molecule has 1 unspecified atom stereocenters. The molecule has 2 aliphatic heterocycles. The molecule has 2 aliphatic rings. The molecule has 0 bridgehead atoms. The summed E-state index contributed by atoms with van der Waals surface area (Å²) >= 11 is 9.04. The fourth-order valence-corrected chi connectivity index (χ4v) is 11.6. The molecule has 1 aromatic heterocycles. The Balaban J connectivity index is 0.943. The lowest BCUT2D eigenvalue weighted by Gasteiger charge is -2.49. The molecule has 2 atom stereocenters. The minimum atomic E-state index is -1.10. The van der Waals surface area contributed by atoms with E-state index in [0.717, 1.165) is 38.9 Å². The molecule has 0 saturated carbocycles. The average Bonchev–Trinajstić information content (AvgIpc) is 3.95. The summed E-state index contributed by atoms with van der Waals surface area (Å²) in [6, 6.07) is 66.1. The number of thiazole rings is 1. The number of rotatable bonds is 19. The quantitative estimate of drug-likeness (QED) is 0.0200. The maximum absolute atomic E-state index is 14.7. The first-order valence-electron chi connectivity index (χ1n) is 24.1. The topological polar surface area (TPSA) is 149 Å². The predicted molar refractivity (Wildman–Crippen MR) is 292 cm³/mol. The zero-order valence-corrected chi connectivity index (χ0v) is 42.5. The summed E-state index contributed by atoms with van der Waals surface area (Å²) < 4.78 is 12.2. The van der Waals surface area contributed by atoms with Crippen LogP contribution in [0, 0.1) is 0 Å². The van der Waals surface area contributed by atoms with Crippen LogP contribution in [0.15, 0.2) is 234 Å². The van der Waals surface area contributed by atoms with E-state index in [1.54, 1.807) is 5.38 Å². The van der Waals surface area contributed by atoms with Crippen molar-refractivity contribution in [2.45, 2.75) is 29.2 Å². The Morgan fingerprint density at radius 2 is 1.09 bits per heavy atom. The number of anilines is 1. The van der Waals surface area contributed by atoms with Crippen molar-refractivity contribution in [2.75, 3.05) is 23.6 Å². The van der Waals surface area contributed by atoms with Crippen LogP contribution in [0.5, 0.6) is 0 Å². The standard InChI is InChI=1S/C60H48ClN5O7S2/c61-36-44-38-74-57-51(56(69)66(57)52(44)58(70)73-54(42-26-12-3-13-27-42)43-28-14-4-15-29-43)63-55(68)50(65-71-37-49(67)72-53(40-22-8-1-9-23-40)41-24-10-2-11-25-41)48-39-75-59(62-48)64-60(45-30-16-5-17-31-45,46-32-18-6-19-33-46)47-34-20-7-21-35-47/h1-35,39,51,53-54,57H,36-38H2,(H,62,64)(H,63,68)/b65-50-/t51?,57-/m0/s1. The zero-order valence-electron chi connectivity index (χ0n) is 40.1. The van der Waals surface area contributed by atoms with Crippen molar-refractivity contribution in [1.82, 2.24) is 15.2 Å². The average molecular weight is 1050 g/mol. The van der Waals surface area contributed by atoms with Crippen LogP contribution in [0.3, 0.4) is 0 Å². The molecule has 0 spiro atoms. The molecule has 10 rings (SSSR count). The van der Waals surface area contributed by atoms with Crippen molar-refractivity contribution in [2.24, 2.45) is 5.16 Å². The molecule has 8 aromatic rings. The van der Waals surface area contributed by atoms with Gasteiger partial charge in [0.15, 0.2) is 23.1 Å². The molecule has 2 N–H and O–H groups in total. The van der Waals surface area contributed by atoms with Crippen LogP contribution >= 0.6 is 34.7 Å². The zero-order chi connectivity index (χ0) is 51.6. The highest BCUT2D eigenvalue weighted by Gasteiger charge is 2.55. The van der Waals surface area contributed by atoms with Crippen LogP contribution in [0.2, 0.25) is 0 Å². The van der Waals surface area contributed by atoms with E-state index in [-0.39, 0.29) is 23.0 Å². The number of hydrogen-bond donors (Lipinski definition) is 2. The summed E-state index contributed by atoms with van der Waals surface area (Å²) in [5.74, 6) is -2.57. The molecule has 374 valence electrons. The van der Waals surface area contributed by atoms with Gasteiger partial charge in [0, 0.05) is 17.0 Å². The number of β-lactam (4-membered cyclic amide) rings is 1.